The molecule has 0 aliphatic heterocycles. The third-order valence-corrected chi connectivity index (χ3v) is 1.75. The molecule has 0 spiro atoms. The molecule has 1 aromatic heterocycles. The second-order valence-electron chi connectivity index (χ2n) is 3.43. The maximum atomic E-state index is 10.4. The van der Waals surface area contributed by atoms with Gasteiger partial charge in [-0.15, -0.1) is 0 Å². The number of carbonyl (C=O) groups is 1. The van der Waals surface area contributed by atoms with Gasteiger partial charge >= 0.3 is 6.03 Å². The number of amides is 2. The molecule has 2 amide bonds. The normalized spacial score (nSPS) is 9.76. The molecule has 17 heavy (non-hydrogen) atoms. The summed E-state index contributed by atoms with van der Waals surface area (Å²) < 4.78 is 0. The Labute approximate surface area is 98.6 Å². The minimum Gasteiger partial charge on any atom is -0.368 e. The Kier molecular flexibility index (Phi) is 4.26. The zero-order chi connectivity index (χ0) is 12.8. The number of carbonyl (C=O) groups excluding carboxylic acids is 1. The smallest absolute Gasteiger partial charge is 0.312 e. The molecule has 1 rings (SSSR count). The van der Waals surface area contributed by atoms with Crippen molar-refractivity contribution in [2.75, 3.05) is 43.1 Å². The van der Waals surface area contributed by atoms with E-state index in [0.29, 0.717) is 25.0 Å². The number of nitrogens with one attached hydrogen (secondary N) is 2. The zero-order valence-corrected chi connectivity index (χ0v) is 9.77. The molecular formula is C8H16N8O. The molecule has 0 saturated carbocycles. The number of hydrogen-bond acceptors (Lipinski definition) is 7. The van der Waals surface area contributed by atoms with Gasteiger partial charge in [-0.3, -0.25) is 0 Å². The van der Waals surface area contributed by atoms with Gasteiger partial charge in [-0.2, -0.15) is 15.0 Å². The van der Waals surface area contributed by atoms with Crippen molar-refractivity contribution in [1.82, 2.24) is 20.3 Å². The van der Waals surface area contributed by atoms with Crippen LogP contribution in [0.1, 0.15) is 0 Å². The molecule has 1 heterocycles. The van der Waals surface area contributed by atoms with E-state index in [1.807, 2.05) is 0 Å². The maximum absolute atomic E-state index is 10.4. The molecule has 0 bridgehead atoms. The van der Waals surface area contributed by atoms with Crippen LogP contribution in [0.15, 0.2) is 0 Å². The van der Waals surface area contributed by atoms with E-state index in [0.717, 1.165) is 0 Å². The molecule has 0 saturated heterocycles. The lowest BCUT2D eigenvalue weighted by molar-refractivity contribution is 0.249. The summed E-state index contributed by atoms with van der Waals surface area (Å²) in [6.07, 6.45) is 0. The van der Waals surface area contributed by atoms with Crippen LogP contribution in [0, 0.1) is 0 Å². The quantitative estimate of drug-likeness (QED) is 0.465. The molecule has 94 valence electrons. The molecule has 1 aromatic rings. The lowest BCUT2D eigenvalue weighted by Gasteiger charge is -2.12. The number of primary amides is 1. The van der Waals surface area contributed by atoms with Crippen molar-refractivity contribution in [3.05, 3.63) is 0 Å². The zero-order valence-electron chi connectivity index (χ0n) is 9.77. The first-order valence-corrected chi connectivity index (χ1v) is 4.95. The summed E-state index contributed by atoms with van der Waals surface area (Å²) >= 11 is 0. The Morgan fingerprint density at radius 1 is 1.29 bits per heavy atom. The van der Waals surface area contributed by atoms with Crippen molar-refractivity contribution in [3.63, 3.8) is 0 Å². The fourth-order valence-corrected chi connectivity index (χ4v) is 1.02. The van der Waals surface area contributed by atoms with Gasteiger partial charge in [0.05, 0.1) is 0 Å². The second-order valence-corrected chi connectivity index (χ2v) is 3.43. The molecule has 0 atom stereocenters. The van der Waals surface area contributed by atoms with Crippen LogP contribution in [-0.2, 0) is 0 Å². The Morgan fingerprint density at radius 3 is 2.59 bits per heavy atom. The van der Waals surface area contributed by atoms with Gasteiger partial charge < -0.3 is 27.0 Å². The van der Waals surface area contributed by atoms with Crippen LogP contribution in [0.25, 0.3) is 0 Å². The lowest BCUT2D eigenvalue weighted by Crippen LogP contribution is -2.33. The fourth-order valence-electron chi connectivity index (χ4n) is 1.02. The van der Waals surface area contributed by atoms with Gasteiger partial charge in [0.2, 0.25) is 17.8 Å². The first-order valence-electron chi connectivity index (χ1n) is 4.95. The standard InChI is InChI=1S/C8H16N8O/c1-16(2)8-14-5(9)13-7(15-8)12-4-3-11-6(10)17/h3-4H2,1-2H3,(H3,10,11,17)(H3,9,12,13,14,15). The van der Waals surface area contributed by atoms with Gasteiger partial charge in [-0.25, -0.2) is 4.79 Å². The summed E-state index contributed by atoms with van der Waals surface area (Å²) in [5.74, 6) is 0.949. The molecule has 0 aromatic carbocycles. The SMILES string of the molecule is CN(C)c1nc(N)nc(NCCNC(N)=O)n1. The van der Waals surface area contributed by atoms with Gasteiger partial charge in [-0.05, 0) is 0 Å². The van der Waals surface area contributed by atoms with Gasteiger partial charge in [0, 0.05) is 27.2 Å². The average molecular weight is 240 g/mol. The highest BCUT2D eigenvalue weighted by Crippen LogP contribution is 2.08. The summed E-state index contributed by atoms with van der Waals surface area (Å²) in [5, 5.41) is 5.33. The third kappa shape index (κ3) is 4.36. The number of hydrogen-bond donors (Lipinski definition) is 4. The number of urea groups is 1. The predicted octanol–water partition coefficient (Wildman–Crippen LogP) is -1.40. The molecule has 0 radical (unpaired) electrons. The molecule has 0 fully saturated rings. The fraction of sp³-hybridized carbons (Fsp3) is 0.500. The number of anilines is 3. The molecule has 6 N–H and O–H groups in total. The highest BCUT2D eigenvalue weighted by atomic mass is 16.2. The topological polar surface area (TPSA) is 135 Å². The van der Waals surface area contributed by atoms with E-state index in [4.69, 9.17) is 11.5 Å². The summed E-state index contributed by atoms with van der Waals surface area (Å²) in [5.41, 5.74) is 10.4. The van der Waals surface area contributed by atoms with Crippen molar-refractivity contribution < 1.29 is 4.79 Å². The van der Waals surface area contributed by atoms with Crippen LogP contribution >= 0.6 is 0 Å². The van der Waals surface area contributed by atoms with Gasteiger partial charge in [0.15, 0.2) is 0 Å². The molecule has 9 heteroatoms. The number of rotatable bonds is 5. The Hall–Kier alpha value is -2.32. The Balaban J connectivity index is 2.55. The van der Waals surface area contributed by atoms with Gasteiger partial charge in [0.25, 0.3) is 0 Å². The summed E-state index contributed by atoms with van der Waals surface area (Å²) in [7, 11) is 3.60. The summed E-state index contributed by atoms with van der Waals surface area (Å²) in [6, 6.07) is -0.573. The van der Waals surface area contributed by atoms with Crippen molar-refractivity contribution in [1.29, 1.82) is 0 Å². The minimum atomic E-state index is -0.573. The van der Waals surface area contributed by atoms with Gasteiger partial charge in [-0.1, -0.05) is 0 Å². The molecule has 0 unspecified atom stereocenters. The monoisotopic (exact) mass is 240 g/mol. The van der Waals surface area contributed by atoms with Crippen molar-refractivity contribution in [2.45, 2.75) is 0 Å². The second kappa shape index (κ2) is 5.68. The van der Waals surface area contributed by atoms with Crippen LogP contribution in [0.2, 0.25) is 0 Å². The van der Waals surface area contributed by atoms with Crippen LogP contribution in [0.4, 0.5) is 22.6 Å². The van der Waals surface area contributed by atoms with E-state index in [1.54, 1.807) is 19.0 Å². The number of nitrogens with two attached hydrogens (primary N) is 2. The first-order chi connectivity index (χ1) is 7.99. The Morgan fingerprint density at radius 2 is 2.00 bits per heavy atom. The number of nitrogen functional groups attached to an aromatic ring is 1. The van der Waals surface area contributed by atoms with E-state index in [2.05, 4.69) is 25.6 Å². The van der Waals surface area contributed by atoms with Crippen LogP contribution in [-0.4, -0.2) is 48.2 Å². The van der Waals surface area contributed by atoms with Crippen LogP contribution in [0.3, 0.4) is 0 Å². The maximum Gasteiger partial charge on any atom is 0.312 e. The largest absolute Gasteiger partial charge is 0.368 e. The van der Waals surface area contributed by atoms with Gasteiger partial charge in [0.1, 0.15) is 0 Å². The minimum absolute atomic E-state index is 0.133. The van der Waals surface area contributed by atoms with Crippen molar-refractivity contribution >= 4 is 23.9 Å². The summed E-state index contributed by atoms with van der Waals surface area (Å²) in [6.45, 7) is 0.817. The summed E-state index contributed by atoms with van der Waals surface area (Å²) in [4.78, 5) is 24.1. The van der Waals surface area contributed by atoms with E-state index in [-0.39, 0.29) is 5.95 Å². The number of nitrogens with zero attached hydrogens (tertiary/aromatic N) is 4. The molecular weight excluding hydrogens is 224 g/mol. The molecule has 0 aliphatic rings. The van der Waals surface area contributed by atoms with E-state index in [1.165, 1.54) is 0 Å². The molecule has 9 nitrogen and oxygen atoms in total. The molecule has 0 aliphatic carbocycles. The lowest BCUT2D eigenvalue weighted by atomic mass is 10.6. The highest BCUT2D eigenvalue weighted by Gasteiger charge is 2.05. The van der Waals surface area contributed by atoms with Crippen LogP contribution in [0.5, 0.6) is 0 Å². The van der Waals surface area contributed by atoms with Crippen molar-refractivity contribution in [2.24, 2.45) is 5.73 Å². The Bertz CT molecular complexity index is 393. The highest BCUT2D eigenvalue weighted by molar-refractivity contribution is 5.71. The first kappa shape index (κ1) is 12.7. The van der Waals surface area contributed by atoms with E-state index >= 15 is 0 Å². The third-order valence-electron chi connectivity index (χ3n) is 1.75. The predicted molar refractivity (Wildman–Crippen MR) is 64.6 cm³/mol. The average Bonchev–Trinajstić information content (AvgIpc) is 2.23. The van der Waals surface area contributed by atoms with Crippen LogP contribution < -0.4 is 27.0 Å². The van der Waals surface area contributed by atoms with Crippen molar-refractivity contribution in [3.8, 4) is 0 Å². The van der Waals surface area contributed by atoms with E-state index in [9.17, 15) is 4.79 Å². The van der Waals surface area contributed by atoms with E-state index < -0.39 is 6.03 Å². The number of aromatic nitrogens is 3.